The number of rotatable bonds is 6. The smallest absolute Gasteiger partial charge is 0.218 e. The van der Waals surface area contributed by atoms with Gasteiger partial charge >= 0.3 is 0 Å². The Morgan fingerprint density at radius 1 is 1.00 bits per heavy atom. The maximum absolute atomic E-state index is 5.27. The number of methoxy groups -OCH3 is 1. The van der Waals surface area contributed by atoms with Crippen LogP contribution in [0.3, 0.4) is 0 Å². The van der Waals surface area contributed by atoms with E-state index in [1.807, 2.05) is 68.7 Å². The normalized spacial score (nSPS) is 10.7. The molecule has 0 unspecified atom stereocenters. The van der Waals surface area contributed by atoms with Crippen LogP contribution in [0.15, 0.2) is 65.8 Å². The van der Waals surface area contributed by atoms with Crippen LogP contribution < -0.4 is 15.1 Å². The summed E-state index contributed by atoms with van der Waals surface area (Å²) in [6, 6.07) is 19.6. The van der Waals surface area contributed by atoms with Crippen molar-refractivity contribution in [1.29, 1.82) is 0 Å². The second kappa shape index (κ2) is 8.11. The molecular weight excluding hydrogens is 326 g/mol. The highest BCUT2D eigenvalue weighted by Gasteiger charge is 2.06. The van der Waals surface area contributed by atoms with E-state index in [0.29, 0.717) is 17.5 Å². The van der Waals surface area contributed by atoms with Gasteiger partial charge < -0.3 is 9.64 Å². The molecule has 0 saturated carbocycles. The molecule has 0 atom stereocenters. The van der Waals surface area contributed by atoms with Crippen molar-refractivity contribution in [2.24, 2.45) is 5.10 Å². The number of nitrogens with one attached hydrogen (secondary N) is 1. The molecule has 0 radical (unpaired) electrons. The molecule has 0 aliphatic heterocycles. The Bertz CT molecular complexity index is 876. The van der Waals surface area contributed by atoms with Crippen molar-refractivity contribution in [3.63, 3.8) is 0 Å². The molecule has 3 aromatic rings. The zero-order valence-corrected chi connectivity index (χ0v) is 15.0. The van der Waals surface area contributed by atoms with Gasteiger partial charge in [0.15, 0.2) is 11.6 Å². The van der Waals surface area contributed by atoms with Gasteiger partial charge in [-0.05, 0) is 17.7 Å². The van der Waals surface area contributed by atoms with E-state index < -0.39 is 0 Å². The van der Waals surface area contributed by atoms with Gasteiger partial charge in [0.25, 0.3) is 0 Å². The molecule has 6 heteroatoms. The predicted molar refractivity (Wildman–Crippen MR) is 106 cm³/mol. The fourth-order valence-corrected chi connectivity index (χ4v) is 2.33. The van der Waals surface area contributed by atoms with Gasteiger partial charge in [-0.1, -0.05) is 42.5 Å². The first-order valence-corrected chi connectivity index (χ1v) is 8.20. The fourth-order valence-electron chi connectivity index (χ4n) is 2.33. The first-order valence-electron chi connectivity index (χ1n) is 8.20. The average molecular weight is 347 g/mol. The SMILES string of the molecule is COc1cc(N/N=C\c2ccc(N(C)C)cc2)nc(-c2ccccc2)n1. The first kappa shape index (κ1) is 17.4. The fraction of sp³-hybridized carbons (Fsp3) is 0.150. The van der Waals surface area contributed by atoms with Crippen LogP contribution >= 0.6 is 0 Å². The molecule has 0 amide bonds. The predicted octanol–water partition coefficient (Wildman–Crippen LogP) is 3.66. The molecule has 132 valence electrons. The van der Waals surface area contributed by atoms with Crippen LogP contribution in [0.4, 0.5) is 11.5 Å². The van der Waals surface area contributed by atoms with Crippen molar-refractivity contribution >= 4 is 17.7 Å². The Hall–Kier alpha value is -3.41. The summed E-state index contributed by atoms with van der Waals surface area (Å²) >= 11 is 0. The number of hydrogen-bond acceptors (Lipinski definition) is 6. The lowest BCUT2D eigenvalue weighted by molar-refractivity contribution is 0.398. The lowest BCUT2D eigenvalue weighted by Gasteiger charge is -2.11. The topological polar surface area (TPSA) is 62.6 Å². The average Bonchev–Trinajstić information content (AvgIpc) is 2.69. The Balaban J connectivity index is 1.76. The molecule has 3 rings (SSSR count). The minimum atomic E-state index is 0.479. The molecule has 0 saturated heterocycles. The molecule has 0 spiro atoms. The lowest BCUT2D eigenvalue weighted by Crippen LogP contribution is -2.08. The number of hydrazone groups is 1. The first-order chi connectivity index (χ1) is 12.7. The molecule has 1 heterocycles. The van der Waals surface area contributed by atoms with Crippen LogP contribution in [-0.2, 0) is 0 Å². The Labute approximate surface area is 153 Å². The molecule has 2 aromatic carbocycles. The molecule has 0 aliphatic rings. The molecule has 1 aromatic heterocycles. The number of hydrogen-bond donors (Lipinski definition) is 1. The largest absolute Gasteiger partial charge is 0.481 e. The van der Waals surface area contributed by atoms with Crippen LogP contribution in [-0.4, -0.2) is 37.4 Å². The van der Waals surface area contributed by atoms with Gasteiger partial charge in [-0.25, -0.2) is 4.98 Å². The van der Waals surface area contributed by atoms with Crippen LogP contribution in [0.2, 0.25) is 0 Å². The summed E-state index contributed by atoms with van der Waals surface area (Å²) < 4.78 is 5.27. The van der Waals surface area contributed by atoms with E-state index in [1.54, 1.807) is 19.4 Å². The second-order valence-corrected chi connectivity index (χ2v) is 5.84. The summed E-state index contributed by atoms with van der Waals surface area (Å²) in [6.45, 7) is 0. The minimum absolute atomic E-state index is 0.479. The van der Waals surface area contributed by atoms with E-state index in [1.165, 1.54) is 0 Å². The third-order valence-corrected chi connectivity index (χ3v) is 3.75. The van der Waals surface area contributed by atoms with Crippen molar-refractivity contribution < 1.29 is 4.74 Å². The molecule has 0 aliphatic carbocycles. The maximum Gasteiger partial charge on any atom is 0.218 e. The zero-order chi connectivity index (χ0) is 18.4. The Kier molecular flexibility index (Phi) is 5.43. The molecular formula is C20H21N5O. The van der Waals surface area contributed by atoms with Crippen LogP contribution in [0.5, 0.6) is 5.88 Å². The van der Waals surface area contributed by atoms with E-state index in [9.17, 15) is 0 Å². The van der Waals surface area contributed by atoms with Crippen molar-refractivity contribution in [2.75, 3.05) is 31.5 Å². The monoisotopic (exact) mass is 347 g/mol. The molecule has 1 N–H and O–H groups in total. The highest BCUT2D eigenvalue weighted by Crippen LogP contribution is 2.21. The number of anilines is 2. The number of ether oxygens (including phenoxy) is 1. The third-order valence-electron chi connectivity index (χ3n) is 3.75. The van der Waals surface area contributed by atoms with Crippen LogP contribution in [0.1, 0.15) is 5.56 Å². The standard InChI is InChI=1S/C20H21N5O/c1-25(2)17-11-9-15(10-12-17)14-21-24-18-13-19(26-3)23-20(22-18)16-7-5-4-6-8-16/h4-14H,1-3H3,(H,22,23,24)/b21-14-. The maximum atomic E-state index is 5.27. The molecule has 0 bridgehead atoms. The van der Waals surface area contributed by atoms with E-state index >= 15 is 0 Å². The summed E-state index contributed by atoms with van der Waals surface area (Å²) in [4.78, 5) is 10.9. The van der Waals surface area contributed by atoms with E-state index in [0.717, 1.165) is 16.8 Å². The van der Waals surface area contributed by atoms with Crippen molar-refractivity contribution in [1.82, 2.24) is 9.97 Å². The van der Waals surface area contributed by atoms with Gasteiger partial charge in [-0.2, -0.15) is 10.1 Å². The Morgan fingerprint density at radius 3 is 2.38 bits per heavy atom. The molecule has 0 fully saturated rings. The van der Waals surface area contributed by atoms with Gasteiger partial charge in [0, 0.05) is 31.4 Å². The summed E-state index contributed by atoms with van der Waals surface area (Å²) in [5, 5.41) is 4.26. The van der Waals surface area contributed by atoms with Gasteiger partial charge in [-0.15, -0.1) is 0 Å². The van der Waals surface area contributed by atoms with Crippen molar-refractivity contribution in [2.45, 2.75) is 0 Å². The third kappa shape index (κ3) is 4.36. The molecule has 6 nitrogen and oxygen atoms in total. The summed E-state index contributed by atoms with van der Waals surface area (Å²) in [7, 11) is 5.60. The van der Waals surface area contributed by atoms with E-state index in [4.69, 9.17) is 4.74 Å². The van der Waals surface area contributed by atoms with E-state index in [-0.39, 0.29) is 0 Å². The van der Waals surface area contributed by atoms with Gasteiger partial charge in [0.1, 0.15) is 0 Å². The number of aromatic nitrogens is 2. The summed E-state index contributed by atoms with van der Waals surface area (Å²) in [5.74, 6) is 1.63. The van der Waals surface area contributed by atoms with Crippen LogP contribution in [0.25, 0.3) is 11.4 Å². The highest BCUT2D eigenvalue weighted by atomic mass is 16.5. The zero-order valence-electron chi connectivity index (χ0n) is 15.0. The second-order valence-electron chi connectivity index (χ2n) is 5.84. The van der Waals surface area contributed by atoms with Gasteiger partial charge in [-0.3, -0.25) is 5.43 Å². The van der Waals surface area contributed by atoms with Gasteiger partial charge in [0.05, 0.1) is 13.3 Å². The number of benzene rings is 2. The van der Waals surface area contributed by atoms with Crippen molar-refractivity contribution in [3.05, 3.63) is 66.2 Å². The van der Waals surface area contributed by atoms with E-state index in [2.05, 4.69) is 25.4 Å². The number of nitrogens with zero attached hydrogens (tertiary/aromatic N) is 4. The quantitative estimate of drug-likeness (QED) is 0.544. The van der Waals surface area contributed by atoms with Crippen LogP contribution in [0, 0.1) is 0 Å². The molecule has 26 heavy (non-hydrogen) atoms. The summed E-state index contributed by atoms with van der Waals surface area (Å²) in [5.41, 5.74) is 5.99. The minimum Gasteiger partial charge on any atom is -0.481 e. The lowest BCUT2D eigenvalue weighted by atomic mass is 10.2. The summed E-state index contributed by atoms with van der Waals surface area (Å²) in [6.07, 6.45) is 1.75. The van der Waals surface area contributed by atoms with Gasteiger partial charge in [0.2, 0.25) is 5.88 Å². The van der Waals surface area contributed by atoms with Crippen molar-refractivity contribution in [3.8, 4) is 17.3 Å². The highest BCUT2D eigenvalue weighted by molar-refractivity contribution is 5.80. The Morgan fingerprint density at radius 2 is 1.73 bits per heavy atom.